The number of aromatic amines is 1. The van der Waals surface area contributed by atoms with Gasteiger partial charge < -0.3 is 16.2 Å². The summed E-state index contributed by atoms with van der Waals surface area (Å²) in [6, 6.07) is 8.13. The molecule has 1 aliphatic carbocycles. The summed E-state index contributed by atoms with van der Waals surface area (Å²) < 4.78 is 0. The van der Waals surface area contributed by atoms with Gasteiger partial charge in [0, 0.05) is 35.7 Å². The van der Waals surface area contributed by atoms with E-state index in [9.17, 15) is 5.11 Å². The SMILES string of the molecule is Nc1nc(N[C@@H]2CCCC[C@H]2CO)c2ccc(-c3ccn[nH]3)cc2n1. The number of nitrogen functional groups attached to an aromatic ring is 1. The van der Waals surface area contributed by atoms with E-state index in [0.29, 0.717) is 0 Å². The maximum Gasteiger partial charge on any atom is 0.222 e. The van der Waals surface area contributed by atoms with Gasteiger partial charge in [0.1, 0.15) is 5.82 Å². The number of fused-ring (bicyclic) bond motifs is 1. The maximum atomic E-state index is 9.64. The molecule has 0 bridgehead atoms. The van der Waals surface area contributed by atoms with E-state index in [1.54, 1.807) is 6.20 Å². The number of nitrogens with two attached hydrogens (primary N) is 1. The number of rotatable bonds is 4. The number of hydrogen-bond acceptors (Lipinski definition) is 6. The third kappa shape index (κ3) is 3.15. The van der Waals surface area contributed by atoms with Crippen LogP contribution in [0.25, 0.3) is 22.2 Å². The van der Waals surface area contributed by atoms with E-state index in [-0.39, 0.29) is 24.5 Å². The highest BCUT2D eigenvalue weighted by atomic mass is 16.3. The summed E-state index contributed by atoms with van der Waals surface area (Å²) in [7, 11) is 0. The van der Waals surface area contributed by atoms with Crippen molar-refractivity contribution in [3.63, 3.8) is 0 Å². The predicted octanol–water partition coefficient (Wildman–Crippen LogP) is 2.57. The Morgan fingerprint density at radius 2 is 2.08 bits per heavy atom. The fourth-order valence-electron chi connectivity index (χ4n) is 3.63. The van der Waals surface area contributed by atoms with Gasteiger partial charge in [0.25, 0.3) is 0 Å². The fraction of sp³-hybridized carbons (Fsp3) is 0.389. The number of benzene rings is 1. The lowest BCUT2D eigenvalue weighted by Crippen LogP contribution is -2.34. The van der Waals surface area contributed by atoms with Crippen LogP contribution in [-0.2, 0) is 0 Å². The van der Waals surface area contributed by atoms with Crippen molar-refractivity contribution in [2.24, 2.45) is 5.92 Å². The minimum absolute atomic E-state index is 0.195. The molecule has 1 fully saturated rings. The number of H-pyrrole nitrogens is 1. The van der Waals surface area contributed by atoms with E-state index < -0.39 is 0 Å². The largest absolute Gasteiger partial charge is 0.396 e. The summed E-state index contributed by atoms with van der Waals surface area (Å²) in [5.74, 6) is 1.24. The van der Waals surface area contributed by atoms with Crippen molar-refractivity contribution in [2.45, 2.75) is 31.7 Å². The molecule has 1 aromatic carbocycles. The third-order valence-electron chi connectivity index (χ3n) is 4.99. The minimum atomic E-state index is 0.195. The van der Waals surface area contributed by atoms with Crippen LogP contribution < -0.4 is 11.1 Å². The van der Waals surface area contributed by atoms with Crippen molar-refractivity contribution in [2.75, 3.05) is 17.7 Å². The second kappa shape index (κ2) is 6.68. The Morgan fingerprint density at radius 3 is 2.88 bits per heavy atom. The van der Waals surface area contributed by atoms with Gasteiger partial charge in [-0.25, -0.2) is 4.98 Å². The molecule has 1 saturated carbocycles. The molecular formula is C18H22N6O. The topological polar surface area (TPSA) is 113 Å². The highest BCUT2D eigenvalue weighted by Gasteiger charge is 2.25. The van der Waals surface area contributed by atoms with Crippen LogP contribution in [0.3, 0.4) is 0 Å². The van der Waals surface area contributed by atoms with Gasteiger partial charge in [0.15, 0.2) is 0 Å². The fourth-order valence-corrected chi connectivity index (χ4v) is 3.63. The molecule has 7 heteroatoms. The molecule has 1 aliphatic rings. The summed E-state index contributed by atoms with van der Waals surface area (Å²) in [5.41, 5.74) is 8.66. The van der Waals surface area contributed by atoms with Gasteiger partial charge in [-0.15, -0.1) is 0 Å². The summed E-state index contributed by atoms with van der Waals surface area (Å²) in [6.07, 6.45) is 6.12. The highest BCUT2D eigenvalue weighted by Crippen LogP contribution is 2.31. The molecule has 5 N–H and O–H groups in total. The van der Waals surface area contributed by atoms with Gasteiger partial charge in [-0.1, -0.05) is 18.9 Å². The molecule has 0 aliphatic heterocycles. The van der Waals surface area contributed by atoms with Crippen molar-refractivity contribution in [3.05, 3.63) is 30.5 Å². The first-order valence-electron chi connectivity index (χ1n) is 8.69. The van der Waals surface area contributed by atoms with Gasteiger partial charge in [-0.3, -0.25) is 5.10 Å². The van der Waals surface area contributed by atoms with Gasteiger partial charge in [-0.2, -0.15) is 10.1 Å². The van der Waals surface area contributed by atoms with Crippen LogP contribution in [0, 0.1) is 5.92 Å². The molecule has 0 radical (unpaired) electrons. The maximum absolute atomic E-state index is 9.64. The van der Waals surface area contributed by atoms with Gasteiger partial charge >= 0.3 is 0 Å². The molecule has 130 valence electrons. The number of aliphatic hydroxyl groups excluding tert-OH is 1. The quantitative estimate of drug-likeness (QED) is 0.581. The Hall–Kier alpha value is -2.67. The molecule has 2 aromatic heterocycles. The molecule has 7 nitrogen and oxygen atoms in total. The first-order chi connectivity index (χ1) is 12.2. The summed E-state index contributed by atoms with van der Waals surface area (Å²) in [6.45, 7) is 0.195. The van der Waals surface area contributed by atoms with Crippen LogP contribution in [0.4, 0.5) is 11.8 Å². The normalized spacial score (nSPS) is 20.7. The van der Waals surface area contributed by atoms with Crippen molar-refractivity contribution < 1.29 is 5.11 Å². The summed E-state index contributed by atoms with van der Waals surface area (Å²) in [5, 5.41) is 21.0. The van der Waals surface area contributed by atoms with Crippen molar-refractivity contribution in [3.8, 4) is 11.3 Å². The lowest BCUT2D eigenvalue weighted by Gasteiger charge is -2.31. The van der Waals surface area contributed by atoms with E-state index in [1.807, 2.05) is 24.3 Å². The third-order valence-corrected chi connectivity index (χ3v) is 4.99. The van der Waals surface area contributed by atoms with E-state index >= 15 is 0 Å². The van der Waals surface area contributed by atoms with Crippen LogP contribution in [0.5, 0.6) is 0 Å². The molecule has 0 saturated heterocycles. The zero-order chi connectivity index (χ0) is 17.2. The Kier molecular flexibility index (Phi) is 4.23. The zero-order valence-corrected chi connectivity index (χ0v) is 13.9. The molecule has 0 unspecified atom stereocenters. The minimum Gasteiger partial charge on any atom is -0.396 e. The van der Waals surface area contributed by atoms with E-state index in [0.717, 1.165) is 47.2 Å². The van der Waals surface area contributed by atoms with Crippen molar-refractivity contribution in [1.29, 1.82) is 0 Å². The average molecular weight is 338 g/mol. The number of nitrogens with one attached hydrogen (secondary N) is 2. The van der Waals surface area contributed by atoms with Gasteiger partial charge in [0.2, 0.25) is 5.95 Å². The monoisotopic (exact) mass is 338 g/mol. The number of aliphatic hydroxyl groups is 1. The van der Waals surface area contributed by atoms with Crippen molar-refractivity contribution in [1.82, 2.24) is 20.2 Å². The molecule has 0 amide bonds. The van der Waals surface area contributed by atoms with E-state index in [1.165, 1.54) is 6.42 Å². The van der Waals surface area contributed by atoms with Crippen LogP contribution in [0.1, 0.15) is 25.7 Å². The lowest BCUT2D eigenvalue weighted by molar-refractivity contribution is 0.178. The number of anilines is 2. The van der Waals surface area contributed by atoms with Crippen LogP contribution >= 0.6 is 0 Å². The van der Waals surface area contributed by atoms with Crippen LogP contribution in [-0.4, -0.2) is 37.9 Å². The lowest BCUT2D eigenvalue weighted by atomic mass is 9.85. The Balaban J connectivity index is 1.71. The second-order valence-electron chi connectivity index (χ2n) is 6.61. The molecule has 4 rings (SSSR count). The molecule has 2 heterocycles. The van der Waals surface area contributed by atoms with E-state index in [2.05, 4.69) is 25.5 Å². The van der Waals surface area contributed by atoms with Crippen LogP contribution in [0.15, 0.2) is 30.5 Å². The molecule has 0 spiro atoms. The number of hydrogen-bond donors (Lipinski definition) is 4. The number of nitrogens with zero attached hydrogens (tertiary/aromatic N) is 3. The smallest absolute Gasteiger partial charge is 0.222 e. The number of aromatic nitrogens is 4. The summed E-state index contributed by atoms with van der Waals surface area (Å²) in [4.78, 5) is 8.79. The second-order valence-corrected chi connectivity index (χ2v) is 6.61. The van der Waals surface area contributed by atoms with Crippen molar-refractivity contribution >= 4 is 22.7 Å². The first-order valence-corrected chi connectivity index (χ1v) is 8.69. The molecule has 25 heavy (non-hydrogen) atoms. The highest BCUT2D eigenvalue weighted by molar-refractivity contribution is 5.92. The van der Waals surface area contributed by atoms with E-state index in [4.69, 9.17) is 5.73 Å². The average Bonchev–Trinajstić information content (AvgIpc) is 3.16. The summed E-state index contributed by atoms with van der Waals surface area (Å²) >= 11 is 0. The standard InChI is InChI=1S/C18H22N6O/c19-18-22-16-9-11(15-7-8-20-24-15)5-6-13(16)17(23-18)21-14-4-2-1-3-12(14)10-25/h5-9,12,14,25H,1-4,10H2,(H,20,24)(H3,19,21,22,23)/t12-,14+/m0/s1. The van der Waals surface area contributed by atoms with Gasteiger partial charge in [-0.05, 0) is 31.0 Å². The Morgan fingerprint density at radius 1 is 1.20 bits per heavy atom. The first kappa shape index (κ1) is 15.8. The molecule has 3 aromatic rings. The Bertz CT molecular complexity index is 863. The van der Waals surface area contributed by atoms with Crippen LogP contribution in [0.2, 0.25) is 0 Å². The van der Waals surface area contributed by atoms with Gasteiger partial charge in [0.05, 0.1) is 11.2 Å². The Labute approximate surface area is 145 Å². The molecule has 2 atom stereocenters. The zero-order valence-electron chi connectivity index (χ0n) is 13.9. The predicted molar refractivity (Wildman–Crippen MR) is 98.0 cm³/mol. The molecular weight excluding hydrogens is 316 g/mol.